The van der Waals surface area contributed by atoms with Gasteiger partial charge in [0.15, 0.2) is 0 Å². The molecule has 0 unspecified atom stereocenters. The standard InChI is InChI=1S/C21H13N5S/c22-10-15-11-25-21-17(9-18(27-21)13-4-2-1-3-5-13)19(15)26-16-8-14-6-7-23-20(14)24-12-16/h1-9,11-12H,(H,23,24)(H,25,26). The first-order valence-electron chi connectivity index (χ1n) is 8.40. The van der Waals surface area contributed by atoms with Gasteiger partial charge in [-0.25, -0.2) is 9.97 Å². The number of nitrogens with one attached hydrogen (secondary N) is 2. The van der Waals surface area contributed by atoms with Crippen LogP contribution in [0.5, 0.6) is 0 Å². The Hall–Kier alpha value is -3.69. The van der Waals surface area contributed by atoms with Crippen LogP contribution in [-0.2, 0) is 0 Å². The van der Waals surface area contributed by atoms with Crippen LogP contribution in [0.3, 0.4) is 0 Å². The minimum Gasteiger partial charge on any atom is -0.353 e. The highest BCUT2D eigenvalue weighted by Crippen LogP contribution is 2.38. The van der Waals surface area contributed by atoms with E-state index in [0.29, 0.717) is 5.56 Å². The molecule has 0 aliphatic rings. The molecule has 4 heterocycles. The summed E-state index contributed by atoms with van der Waals surface area (Å²) in [5, 5.41) is 14.9. The SMILES string of the molecule is N#Cc1cnc2sc(-c3ccccc3)cc2c1Nc1cnc2[nH]ccc2c1. The number of anilines is 2. The van der Waals surface area contributed by atoms with Crippen molar-refractivity contribution in [2.75, 3.05) is 5.32 Å². The van der Waals surface area contributed by atoms with E-state index >= 15 is 0 Å². The van der Waals surface area contributed by atoms with Gasteiger partial charge in [-0.3, -0.25) is 0 Å². The van der Waals surface area contributed by atoms with E-state index in [1.807, 2.05) is 36.5 Å². The third-order valence-corrected chi connectivity index (χ3v) is 5.50. The average molecular weight is 367 g/mol. The monoisotopic (exact) mass is 367 g/mol. The summed E-state index contributed by atoms with van der Waals surface area (Å²) in [6.45, 7) is 0. The molecular formula is C21H13N5S. The number of nitriles is 1. The maximum Gasteiger partial charge on any atom is 0.137 e. The maximum absolute atomic E-state index is 9.57. The van der Waals surface area contributed by atoms with Crippen molar-refractivity contribution in [2.24, 2.45) is 0 Å². The van der Waals surface area contributed by atoms with Gasteiger partial charge < -0.3 is 10.3 Å². The number of nitrogens with zero attached hydrogens (tertiary/aromatic N) is 3. The number of rotatable bonds is 3. The Kier molecular flexibility index (Phi) is 3.59. The van der Waals surface area contributed by atoms with Gasteiger partial charge in [0, 0.05) is 28.0 Å². The molecule has 0 bridgehead atoms. The van der Waals surface area contributed by atoms with Crippen LogP contribution >= 0.6 is 11.3 Å². The summed E-state index contributed by atoms with van der Waals surface area (Å²) in [7, 11) is 0. The first-order chi connectivity index (χ1) is 13.3. The maximum atomic E-state index is 9.57. The molecule has 0 fully saturated rings. The molecule has 128 valence electrons. The van der Waals surface area contributed by atoms with Crippen LogP contribution in [0.15, 0.2) is 67.1 Å². The van der Waals surface area contributed by atoms with Gasteiger partial charge in [-0.1, -0.05) is 30.3 Å². The van der Waals surface area contributed by atoms with Gasteiger partial charge in [0.1, 0.15) is 16.5 Å². The van der Waals surface area contributed by atoms with Crippen LogP contribution in [0.25, 0.3) is 31.7 Å². The second-order valence-electron chi connectivity index (χ2n) is 6.12. The van der Waals surface area contributed by atoms with Gasteiger partial charge in [0.2, 0.25) is 0 Å². The highest BCUT2D eigenvalue weighted by atomic mass is 32.1. The number of hydrogen-bond donors (Lipinski definition) is 2. The third kappa shape index (κ3) is 2.71. The van der Waals surface area contributed by atoms with Gasteiger partial charge in [0.25, 0.3) is 0 Å². The largest absolute Gasteiger partial charge is 0.353 e. The van der Waals surface area contributed by atoms with Crippen molar-refractivity contribution in [3.63, 3.8) is 0 Å². The fraction of sp³-hybridized carbons (Fsp3) is 0. The molecule has 5 aromatic rings. The predicted molar refractivity (Wildman–Crippen MR) is 109 cm³/mol. The van der Waals surface area contributed by atoms with Crippen molar-refractivity contribution in [2.45, 2.75) is 0 Å². The summed E-state index contributed by atoms with van der Waals surface area (Å²) in [5.74, 6) is 0. The molecule has 0 radical (unpaired) electrons. The van der Waals surface area contributed by atoms with Crippen LogP contribution in [0.2, 0.25) is 0 Å². The number of aromatic amines is 1. The van der Waals surface area contributed by atoms with Gasteiger partial charge in [-0.05, 0) is 23.8 Å². The molecule has 6 heteroatoms. The van der Waals surface area contributed by atoms with E-state index in [9.17, 15) is 5.26 Å². The summed E-state index contributed by atoms with van der Waals surface area (Å²) >= 11 is 1.62. The Morgan fingerprint density at radius 3 is 2.78 bits per heavy atom. The fourth-order valence-corrected chi connectivity index (χ4v) is 4.12. The molecule has 0 amide bonds. The highest BCUT2D eigenvalue weighted by Gasteiger charge is 2.14. The molecule has 4 aromatic heterocycles. The van der Waals surface area contributed by atoms with E-state index in [2.05, 4.69) is 44.5 Å². The molecular weight excluding hydrogens is 354 g/mol. The van der Waals surface area contributed by atoms with Crippen LogP contribution in [0, 0.1) is 11.3 Å². The Labute approximate surface area is 159 Å². The summed E-state index contributed by atoms with van der Waals surface area (Å²) < 4.78 is 0. The quantitative estimate of drug-likeness (QED) is 0.444. The summed E-state index contributed by atoms with van der Waals surface area (Å²) in [5.41, 5.74) is 4.08. The molecule has 0 aliphatic heterocycles. The molecule has 0 saturated carbocycles. The first kappa shape index (κ1) is 15.6. The van der Waals surface area contributed by atoms with Crippen molar-refractivity contribution >= 4 is 44.0 Å². The van der Waals surface area contributed by atoms with Crippen molar-refractivity contribution in [1.29, 1.82) is 5.26 Å². The molecule has 0 saturated heterocycles. The third-order valence-electron chi connectivity index (χ3n) is 4.41. The first-order valence-corrected chi connectivity index (χ1v) is 9.22. The van der Waals surface area contributed by atoms with Gasteiger partial charge in [-0.15, -0.1) is 11.3 Å². The lowest BCUT2D eigenvalue weighted by molar-refractivity contribution is 1.32. The van der Waals surface area contributed by atoms with Crippen LogP contribution in [-0.4, -0.2) is 15.0 Å². The zero-order valence-corrected chi connectivity index (χ0v) is 14.9. The Balaban J connectivity index is 1.65. The molecule has 2 N–H and O–H groups in total. The average Bonchev–Trinajstić information content (AvgIpc) is 3.35. The Morgan fingerprint density at radius 1 is 1.04 bits per heavy atom. The molecule has 5 nitrogen and oxygen atoms in total. The number of thiophene rings is 1. The van der Waals surface area contributed by atoms with E-state index in [-0.39, 0.29) is 0 Å². The van der Waals surface area contributed by atoms with Crippen LogP contribution in [0.4, 0.5) is 11.4 Å². The van der Waals surface area contributed by atoms with Crippen molar-refractivity contribution in [3.8, 4) is 16.5 Å². The van der Waals surface area contributed by atoms with E-state index in [1.54, 1.807) is 23.7 Å². The molecule has 0 spiro atoms. The summed E-state index contributed by atoms with van der Waals surface area (Å²) in [6.07, 6.45) is 5.24. The lowest BCUT2D eigenvalue weighted by atomic mass is 10.1. The van der Waals surface area contributed by atoms with Crippen molar-refractivity contribution < 1.29 is 0 Å². The number of fused-ring (bicyclic) bond motifs is 2. The van der Waals surface area contributed by atoms with Crippen molar-refractivity contribution in [1.82, 2.24) is 15.0 Å². The van der Waals surface area contributed by atoms with E-state index in [0.717, 1.165) is 43.1 Å². The smallest absolute Gasteiger partial charge is 0.137 e. The molecule has 5 rings (SSSR count). The summed E-state index contributed by atoms with van der Waals surface area (Å²) in [6, 6.07) is 18.5. The number of benzene rings is 1. The zero-order valence-electron chi connectivity index (χ0n) is 14.1. The van der Waals surface area contributed by atoms with E-state index in [4.69, 9.17) is 0 Å². The minimum absolute atomic E-state index is 0.508. The molecule has 1 aromatic carbocycles. The molecule has 0 aliphatic carbocycles. The lowest BCUT2D eigenvalue weighted by Gasteiger charge is -2.09. The van der Waals surface area contributed by atoms with Crippen LogP contribution < -0.4 is 5.32 Å². The topological polar surface area (TPSA) is 77.4 Å². The number of hydrogen-bond acceptors (Lipinski definition) is 5. The van der Waals surface area contributed by atoms with E-state index < -0.39 is 0 Å². The van der Waals surface area contributed by atoms with E-state index in [1.165, 1.54) is 0 Å². The zero-order chi connectivity index (χ0) is 18.2. The molecule has 0 atom stereocenters. The Bertz CT molecular complexity index is 1310. The number of aromatic nitrogens is 3. The predicted octanol–water partition coefficient (Wildman–Crippen LogP) is 5.45. The van der Waals surface area contributed by atoms with Gasteiger partial charge in [0.05, 0.1) is 23.1 Å². The van der Waals surface area contributed by atoms with Crippen molar-refractivity contribution in [3.05, 3.63) is 72.7 Å². The lowest BCUT2D eigenvalue weighted by Crippen LogP contribution is -1.96. The second kappa shape index (κ2) is 6.24. The minimum atomic E-state index is 0.508. The Morgan fingerprint density at radius 2 is 1.93 bits per heavy atom. The highest BCUT2D eigenvalue weighted by molar-refractivity contribution is 7.21. The summed E-state index contributed by atoms with van der Waals surface area (Å²) in [4.78, 5) is 14.0. The van der Waals surface area contributed by atoms with Crippen LogP contribution in [0.1, 0.15) is 5.56 Å². The van der Waals surface area contributed by atoms with Gasteiger partial charge in [-0.2, -0.15) is 5.26 Å². The number of pyridine rings is 2. The number of H-pyrrole nitrogens is 1. The van der Waals surface area contributed by atoms with Gasteiger partial charge >= 0.3 is 0 Å². The normalized spacial score (nSPS) is 10.9. The molecule has 27 heavy (non-hydrogen) atoms. The fourth-order valence-electron chi connectivity index (χ4n) is 3.11. The second-order valence-corrected chi connectivity index (χ2v) is 7.15.